The SMILES string of the molecule is Cc1ccc(-c2cc(C(=O)NCc3ccc4c(c3)OCO4)c3c(C)noc3n2)cc1. The molecule has 4 aromatic rings. The van der Waals surface area contributed by atoms with Gasteiger partial charge in [-0.25, -0.2) is 4.98 Å². The Kier molecular flexibility index (Phi) is 4.35. The summed E-state index contributed by atoms with van der Waals surface area (Å²) in [6.07, 6.45) is 0. The van der Waals surface area contributed by atoms with Crippen molar-refractivity contribution in [3.8, 4) is 22.8 Å². The monoisotopic (exact) mass is 401 g/mol. The van der Waals surface area contributed by atoms with Crippen LogP contribution in [0.5, 0.6) is 11.5 Å². The van der Waals surface area contributed by atoms with Gasteiger partial charge in [0.1, 0.15) is 0 Å². The first kappa shape index (κ1) is 18.2. The minimum absolute atomic E-state index is 0.217. The van der Waals surface area contributed by atoms with Gasteiger partial charge >= 0.3 is 0 Å². The molecule has 2 aromatic heterocycles. The molecule has 0 saturated carbocycles. The van der Waals surface area contributed by atoms with Gasteiger partial charge in [-0.2, -0.15) is 0 Å². The van der Waals surface area contributed by atoms with Crippen LogP contribution in [-0.2, 0) is 6.54 Å². The third kappa shape index (κ3) is 3.24. The summed E-state index contributed by atoms with van der Waals surface area (Å²) >= 11 is 0. The Labute approximate surface area is 172 Å². The van der Waals surface area contributed by atoms with Gasteiger partial charge < -0.3 is 19.3 Å². The fourth-order valence-corrected chi connectivity index (χ4v) is 3.47. The average molecular weight is 401 g/mol. The number of pyridine rings is 1. The molecule has 7 heteroatoms. The molecule has 5 rings (SSSR count). The van der Waals surface area contributed by atoms with Crippen LogP contribution in [0.4, 0.5) is 0 Å². The molecule has 0 bridgehead atoms. The summed E-state index contributed by atoms with van der Waals surface area (Å²) in [4.78, 5) is 17.6. The molecule has 1 N–H and O–H groups in total. The van der Waals surface area contributed by atoms with Gasteiger partial charge in [0.05, 0.1) is 22.3 Å². The van der Waals surface area contributed by atoms with Gasteiger partial charge in [0.2, 0.25) is 6.79 Å². The van der Waals surface area contributed by atoms with Crippen LogP contribution in [0.3, 0.4) is 0 Å². The summed E-state index contributed by atoms with van der Waals surface area (Å²) < 4.78 is 16.1. The maximum absolute atomic E-state index is 13.1. The van der Waals surface area contributed by atoms with Gasteiger partial charge in [-0.3, -0.25) is 4.79 Å². The predicted molar refractivity (Wildman–Crippen MR) is 110 cm³/mol. The molecule has 1 aliphatic heterocycles. The quantitative estimate of drug-likeness (QED) is 0.552. The number of nitrogens with zero attached hydrogens (tertiary/aromatic N) is 2. The van der Waals surface area contributed by atoms with Crippen LogP contribution in [0.25, 0.3) is 22.4 Å². The van der Waals surface area contributed by atoms with Crippen LogP contribution in [-0.4, -0.2) is 22.8 Å². The fourth-order valence-electron chi connectivity index (χ4n) is 3.47. The highest BCUT2D eigenvalue weighted by Crippen LogP contribution is 2.32. The lowest BCUT2D eigenvalue weighted by atomic mass is 10.0. The standard InChI is InChI=1S/C23H19N3O4/c1-13-3-6-16(7-4-13)18-10-17(21-14(2)26-30-23(21)25-18)22(27)24-11-15-5-8-19-20(9-15)29-12-28-19/h3-10H,11-12H2,1-2H3,(H,24,27). The van der Waals surface area contributed by atoms with Crippen molar-refractivity contribution in [2.75, 3.05) is 6.79 Å². The maximum atomic E-state index is 13.1. The van der Waals surface area contributed by atoms with Crippen molar-refractivity contribution in [3.05, 3.63) is 70.9 Å². The van der Waals surface area contributed by atoms with Crippen LogP contribution < -0.4 is 14.8 Å². The Morgan fingerprint density at radius 1 is 1.03 bits per heavy atom. The number of hydrogen-bond acceptors (Lipinski definition) is 6. The van der Waals surface area contributed by atoms with Gasteiger partial charge in [0, 0.05) is 12.1 Å². The molecular formula is C23H19N3O4. The Hall–Kier alpha value is -3.87. The van der Waals surface area contributed by atoms with Crippen molar-refractivity contribution >= 4 is 17.0 Å². The van der Waals surface area contributed by atoms with Gasteiger partial charge in [0.25, 0.3) is 11.6 Å². The van der Waals surface area contributed by atoms with Gasteiger partial charge in [-0.05, 0) is 37.6 Å². The fraction of sp³-hybridized carbons (Fsp3) is 0.174. The summed E-state index contributed by atoms with van der Waals surface area (Å²) in [7, 11) is 0. The van der Waals surface area contributed by atoms with E-state index in [1.165, 1.54) is 0 Å². The molecule has 0 saturated heterocycles. The van der Waals surface area contributed by atoms with Crippen LogP contribution in [0.15, 0.2) is 53.1 Å². The number of nitrogens with one attached hydrogen (secondary N) is 1. The second-order valence-corrected chi connectivity index (χ2v) is 7.24. The zero-order chi connectivity index (χ0) is 20.7. The number of amides is 1. The number of fused-ring (bicyclic) bond motifs is 2. The lowest BCUT2D eigenvalue weighted by Crippen LogP contribution is -2.23. The molecule has 0 radical (unpaired) electrons. The van der Waals surface area contributed by atoms with E-state index in [0.29, 0.717) is 46.1 Å². The van der Waals surface area contributed by atoms with E-state index in [9.17, 15) is 4.79 Å². The van der Waals surface area contributed by atoms with Crippen LogP contribution in [0.1, 0.15) is 27.2 Å². The second kappa shape index (κ2) is 7.18. The van der Waals surface area contributed by atoms with Crippen molar-refractivity contribution in [1.29, 1.82) is 0 Å². The van der Waals surface area contributed by atoms with Crippen molar-refractivity contribution in [3.63, 3.8) is 0 Å². The van der Waals surface area contributed by atoms with Gasteiger partial charge in [-0.15, -0.1) is 0 Å². The van der Waals surface area contributed by atoms with Crippen molar-refractivity contribution in [2.24, 2.45) is 0 Å². The zero-order valence-electron chi connectivity index (χ0n) is 16.6. The first-order valence-corrected chi connectivity index (χ1v) is 9.59. The molecule has 3 heterocycles. The molecule has 0 spiro atoms. The number of carbonyl (C=O) groups is 1. The number of carbonyl (C=O) groups excluding carboxylic acids is 1. The highest BCUT2D eigenvalue weighted by Gasteiger charge is 2.20. The molecule has 150 valence electrons. The minimum atomic E-state index is -0.222. The predicted octanol–water partition coefficient (Wildman–Crippen LogP) is 4.17. The summed E-state index contributed by atoms with van der Waals surface area (Å²) in [6.45, 7) is 4.39. The van der Waals surface area contributed by atoms with Crippen LogP contribution in [0, 0.1) is 13.8 Å². The van der Waals surface area contributed by atoms with E-state index in [2.05, 4.69) is 15.5 Å². The highest BCUT2D eigenvalue weighted by molar-refractivity contribution is 6.07. The Morgan fingerprint density at radius 2 is 1.83 bits per heavy atom. The zero-order valence-corrected chi connectivity index (χ0v) is 16.6. The van der Waals surface area contributed by atoms with Gasteiger partial charge in [0.15, 0.2) is 11.5 Å². The molecule has 1 amide bonds. The van der Waals surface area contributed by atoms with Crippen molar-refractivity contribution < 1.29 is 18.8 Å². The molecule has 2 aromatic carbocycles. The first-order chi connectivity index (χ1) is 14.6. The number of hydrogen-bond donors (Lipinski definition) is 1. The largest absolute Gasteiger partial charge is 0.454 e. The first-order valence-electron chi connectivity index (χ1n) is 9.59. The molecule has 0 unspecified atom stereocenters. The minimum Gasteiger partial charge on any atom is -0.454 e. The molecule has 0 aliphatic carbocycles. The maximum Gasteiger partial charge on any atom is 0.259 e. The van der Waals surface area contributed by atoms with Crippen molar-refractivity contribution in [1.82, 2.24) is 15.5 Å². The molecule has 30 heavy (non-hydrogen) atoms. The molecule has 7 nitrogen and oxygen atoms in total. The third-order valence-electron chi connectivity index (χ3n) is 5.10. The van der Waals surface area contributed by atoms with E-state index in [1.807, 2.05) is 49.4 Å². The number of rotatable bonds is 4. The summed E-state index contributed by atoms with van der Waals surface area (Å²) in [6, 6.07) is 15.4. The van der Waals surface area contributed by atoms with E-state index >= 15 is 0 Å². The summed E-state index contributed by atoms with van der Waals surface area (Å²) in [5, 5.41) is 7.59. The third-order valence-corrected chi connectivity index (χ3v) is 5.10. The normalized spacial score (nSPS) is 12.3. The molecule has 1 aliphatic rings. The average Bonchev–Trinajstić information content (AvgIpc) is 3.38. The van der Waals surface area contributed by atoms with E-state index in [4.69, 9.17) is 14.0 Å². The van der Waals surface area contributed by atoms with Crippen LogP contribution in [0.2, 0.25) is 0 Å². The number of aromatic nitrogens is 2. The summed E-state index contributed by atoms with van der Waals surface area (Å²) in [5.74, 6) is 1.17. The van der Waals surface area contributed by atoms with E-state index in [1.54, 1.807) is 13.0 Å². The van der Waals surface area contributed by atoms with Gasteiger partial charge in [-0.1, -0.05) is 41.1 Å². The smallest absolute Gasteiger partial charge is 0.259 e. The Balaban J connectivity index is 1.46. The lowest BCUT2D eigenvalue weighted by molar-refractivity contribution is 0.0952. The lowest BCUT2D eigenvalue weighted by Gasteiger charge is -2.09. The van der Waals surface area contributed by atoms with E-state index < -0.39 is 0 Å². The van der Waals surface area contributed by atoms with Crippen molar-refractivity contribution in [2.45, 2.75) is 20.4 Å². The van der Waals surface area contributed by atoms with Crippen LogP contribution >= 0.6 is 0 Å². The molecule has 0 fully saturated rings. The second-order valence-electron chi connectivity index (χ2n) is 7.24. The Bertz CT molecular complexity index is 1260. The number of ether oxygens (including phenoxy) is 2. The number of benzene rings is 2. The topological polar surface area (TPSA) is 86.5 Å². The highest BCUT2D eigenvalue weighted by atomic mass is 16.7. The molecular weight excluding hydrogens is 382 g/mol. The number of aryl methyl sites for hydroxylation is 2. The Morgan fingerprint density at radius 3 is 2.67 bits per heavy atom. The van der Waals surface area contributed by atoms with E-state index in [0.717, 1.165) is 16.7 Å². The molecule has 0 atom stereocenters. The van der Waals surface area contributed by atoms with E-state index in [-0.39, 0.29) is 12.7 Å². The summed E-state index contributed by atoms with van der Waals surface area (Å²) in [5.41, 5.74) is 5.08.